The Labute approximate surface area is 201 Å². The van der Waals surface area contributed by atoms with Crippen LogP contribution in [0.5, 0.6) is 11.5 Å². The molecule has 5 rings (SSSR count). The molecule has 0 spiro atoms. The summed E-state index contributed by atoms with van der Waals surface area (Å²) in [6.45, 7) is 4.10. The van der Waals surface area contributed by atoms with Crippen molar-refractivity contribution in [3.63, 3.8) is 0 Å². The number of hydrogen-bond acceptors (Lipinski definition) is 8. The summed E-state index contributed by atoms with van der Waals surface area (Å²) in [6, 6.07) is 11.1. The molecule has 0 fully saturated rings. The van der Waals surface area contributed by atoms with Gasteiger partial charge in [-0.15, -0.1) is 5.10 Å². The lowest BCUT2D eigenvalue weighted by Crippen LogP contribution is -2.36. The molecule has 1 aliphatic carbocycles. The Bertz CT molecular complexity index is 1390. The second kappa shape index (κ2) is 8.23. The predicted octanol–water partition coefficient (Wildman–Crippen LogP) is 4.53. The SMILES string of the molecule is COc1ccc(-c2nc3n(n2)C(c2cccc([N+](=O)[O-])c2)C2=C(CC(C)(C)CC2=O)N3)cc1OC. The van der Waals surface area contributed by atoms with E-state index in [9.17, 15) is 14.9 Å². The Balaban J connectivity index is 1.67. The van der Waals surface area contributed by atoms with E-state index in [4.69, 9.17) is 19.6 Å². The highest BCUT2D eigenvalue weighted by Gasteiger charge is 2.42. The van der Waals surface area contributed by atoms with E-state index in [0.29, 0.717) is 52.8 Å². The minimum absolute atomic E-state index is 0.00549. The van der Waals surface area contributed by atoms with Gasteiger partial charge in [-0.05, 0) is 35.6 Å². The quantitative estimate of drug-likeness (QED) is 0.422. The zero-order valence-corrected chi connectivity index (χ0v) is 19.9. The van der Waals surface area contributed by atoms with E-state index in [1.54, 1.807) is 43.2 Å². The number of fused-ring (bicyclic) bond motifs is 1. The number of aromatic nitrogens is 3. The molecule has 10 nitrogen and oxygen atoms in total. The van der Waals surface area contributed by atoms with Crippen LogP contribution in [-0.2, 0) is 4.79 Å². The molecule has 1 aliphatic heterocycles. The first-order chi connectivity index (χ1) is 16.7. The van der Waals surface area contributed by atoms with Gasteiger partial charge in [-0.1, -0.05) is 26.0 Å². The topological polar surface area (TPSA) is 121 Å². The van der Waals surface area contributed by atoms with Crippen molar-refractivity contribution in [3.8, 4) is 22.9 Å². The second-order valence-corrected chi connectivity index (χ2v) is 9.49. The van der Waals surface area contributed by atoms with Crippen LogP contribution >= 0.6 is 0 Å². The first kappa shape index (κ1) is 22.6. The number of Topliss-reactive ketones (excluding diaryl/α,β-unsaturated/α-hetero) is 1. The molecule has 2 aliphatic rings. The summed E-state index contributed by atoms with van der Waals surface area (Å²) in [5.41, 5.74) is 2.39. The number of ether oxygens (including phenoxy) is 2. The van der Waals surface area contributed by atoms with Crippen LogP contribution in [0.2, 0.25) is 0 Å². The van der Waals surface area contributed by atoms with Crippen LogP contribution in [0.25, 0.3) is 11.4 Å². The minimum atomic E-state index is -0.633. The standard InChI is InChI=1S/C25H25N5O5/c1-25(2)12-17-21(18(31)13-25)22(14-6-5-7-16(10-14)30(32)33)29-24(26-17)27-23(28-29)15-8-9-19(34-3)20(11-15)35-4/h5-11,22H,12-13H2,1-4H3,(H,26,27,28). The van der Waals surface area contributed by atoms with Crippen LogP contribution in [0, 0.1) is 15.5 Å². The van der Waals surface area contributed by atoms with Crippen molar-refractivity contribution in [3.05, 3.63) is 69.4 Å². The average molecular weight is 476 g/mol. The van der Waals surface area contributed by atoms with Crippen LogP contribution in [0.4, 0.5) is 11.6 Å². The van der Waals surface area contributed by atoms with Crippen molar-refractivity contribution >= 4 is 17.4 Å². The summed E-state index contributed by atoms with van der Waals surface area (Å²) in [6.07, 6.45) is 1.03. The number of carbonyl (C=O) groups is 1. The smallest absolute Gasteiger partial charge is 0.269 e. The van der Waals surface area contributed by atoms with E-state index in [1.807, 2.05) is 19.9 Å². The van der Waals surface area contributed by atoms with Crippen molar-refractivity contribution in [2.75, 3.05) is 19.5 Å². The summed E-state index contributed by atoms with van der Waals surface area (Å²) in [4.78, 5) is 29.1. The number of rotatable bonds is 5. The summed E-state index contributed by atoms with van der Waals surface area (Å²) >= 11 is 0. The molecule has 2 aromatic carbocycles. The lowest BCUT2D eigenvalue weighted by molar-refractivity contribution is -0.384. The fourth-order valence-electron chi connectivity index (χ4n) is 4.82. The van der Waals surface area contributed by atoms with Gasteiger partial charge in [-0.2, -0.15) is 4.98 Å². The predicted molar refractivity (Wildman–Crippen MR) is 128 cm³/mol. The number of hydrogen-bond donors (Lipinski definition) is 1. The molecule has 0 saturated carbocycles. The molecule has 0 bridgehead atoms. The van der Waals surface area contributed by atoms with E-state index >= 15 is 0 Å². The van der Waals surface area contributed by atoms with Gasteiger partial charge in [0, 0.05) is 35.4 Å². The molecule has 1 atom stereocenters. The molecular formula is C25H25N5O5. The van der Waals surface area contributed by atoms with Gasteiger partial charge in [0.15, 0.2) is 23.1 Å². The van der Waals surface area contributed by atoms with Gasteiger partial charge in [0.2, 0.25) is 5.95 Å². The second-order valence-electron chi connectivity index (χ2n) is 9.49. The largest absolute Gasteiger partial charge is 0.493 e. The molecule has 1 N–H and O–H groups in total. The Morgan fingerprint density at radius 2 is 1.89 bits per heavy atom. The van der Waals surface area contributed by atoms with Gasteiger partial charge in [0.1, 0.15) is 6.04 Å². The maximum absolute atomic E-state index is 13.4. The molecule has 0 saturated heterocycles. The van der Waals surface area contributed by atoms with Gasteiger partial charge >= 0.3 is 0 Å². The van der Waals surface area contributed by atoms with E-state index < -0.39 is 11.0 Å². The highest BCUT2D eigenvalue weighted by molar-refractivity contribution is 6.00. The molecule has 10 heteroatoms. The van der Waals surface area contributed by atoms with Crippen LogP contribution in [0.1, 0.15) is 38.3 Å². The molecule has 2 heterocycles. The Morgan fingerprint density at radius 3 is 2.60 bits per heavy atom. The van der Waals surface area contributed by atoms with Crippen molar-refractivity contribution in [1.29, 1.82) is 0 Å². The zero-order valence-electron chi connectivity index (χ0n) is 19.9. The Hall–Kier alpha value is -4.21. The van der Waals surface area contributed by atoms with Gasteiger partial charge < -0.3 is 14.8 Å². The maximum atomic E-state index is 13.4. The van der Waals surface area contributed by atoms with E-state index in [2.05, 4.69) is 5.32 Å². The molecule has 1 unspecified atom stereocenters. The Morgan fingerprint density at radius 1 is 1.11 bits per heavy atom. The lowest BCUT2D eigenvalue weighted by atomic mass is 9.73. The van der Waals surface area contributed by atoms with Gasteiger partial charge in [-0.25, -0.2) is 4.68 Å². The third-order valence-electron chi connectivity index (χ3n) is 6.37. The number of benzene rings is 2. The number of ketones is 1. The van der Waals surface area contributed by atoms with Gasteiger partial charge in [-0.3, -0.25) is 14.9 Å². The number of anilines is 1. The third-order valence-corrected chi connectivity index (χ3v) is 6.37. The molecule has 180 valence electrons. The molecule has 1 aromatic heterocycles. The summed E-state index contributed by atoms with van der Waals surface area (Å²) < 4.78 is 12.4. The summed E-state index contributed by atoms with van der Waals surface area (Å²) in [7, 11) is 3.12. The fraction of sp³-hybridized carbons (Fsp3) is 0.320. The third kappa shape index (κ3) is 3.90. The monoisotopic (exact) mass is 475 g/mol. The lowest BCUT2D eigenvalue weighted by Gasteiger charge is -2.38. The average Bonchev–Trinajstić information content (AvgIpc) is 3.25. The van der Waals surface area contributed by atoms with Gasteiger partial charge in [0.25, 0.3) is 5.69 Å². The number of allylic oxidation sites excluding steroid dienone is 2. The van der Waals surface area contributed by atoms with Crippen molar-refractivity contribution < 1.29 is 19.2 Å². The molecular weight excluding hydrogens is 450 g/mol. The number of nitro groups is 1. The van der Waals surface area contributed by atoms with E-state index in [-0.39, 0.29) is 16.9 Å². The molecule has 0 amide bonds. The molecule has 3 aromatic rings. The number of methoxy groups -OCH3 is 2. The van der Waals surface area contributed by atoms with Crippen molar-refractivity contribution in [2.45, 2.75) is 32.7 Å². The van der Waals surface area contributed by atoms with Crippen LogP contribution in [0.15, 0.2) is 53.7 Å². The number of carbonyl (C=O) groups excluding carboxylic acids is 1. The van der Waals surface area contributed by atoms with Crippen LogP contribution < -0.4 is 14.8 Å². The van der Waals surface area contributed by atoms with E-state index in [1.165, 1.54) is 12.1 Å². The Kier molecular flexibility index (Phi) is 5.31. The highest BCUT2D eigenvalue weighted by Crippen LogP contribution is 2.46. The number of non-ortho nitro benzene ring substituents is 1. The zero-order chi connectivity index (χ0) is 24.9. The van der Waals surface area contributed by atoms with E-state index in [0.717, 1.165) is 5.70 Å². The molecule has 35 heavy (non-hydrogen) atoms. The molecule has 0 radical (unpaired) electrons. The van der Waals surface area contributed by atoms with Crippen molar-refractivity contribution in [2.24, 2.45) is 5.41 Å². The maximum Gasteiger partial charge on any atom is 0.269 e. The van der Waals surface area contributed by atoms with Gasteiger partial charge in [0.05, 0.1) is 19.1 Å². The number of nitro benzene ring substituents is 1. The van der Waals surface area contributed by atoms with Crippen LogP contribution in [0.3, 0.4) is 0 Å². The normalized spacial score (nSPS) is 18.4. The first-order valence-electron chi connectivity index (χ1n) is 11.2. The summed E-state index contributed by atoms with van der Waals surface area (Å²) in [5.74, 6) is 2.01. The number of nitrogens with one attached hydrogen (secondary N) is 1. The summed E-state index contributed by atoms with van der Waals surface area (Å²) in [5, 5.41) is 19.5. The highest BCUT2D eigenvalue weighted by atomic mass is 16.6. The van der Waals surface area contributed by atoms with Crippen molar-refractivity contribution in [1.82, 2.24) is 14.8 Å². The minimum Gasteiger partial charge on any atom is -0.493 e. The van der Waals surface area contributed by atoms with Crippen LogP contribution in [-0.4, -0.2) is 39.7 Å². The number of nitrogens with zero attached hydrogens (tertiary/aromatic N) is 4. The fourth-order valence-corrected chi connectivity index (χ4v) is 4.82. The first-order valence-corrected chi connectivity index (χ1v) is 11.2.